The molecule has 58 heavy (non-hydrogen) atoms. The van der Waals surface area contributed by atoms with Crippen LogP contribution in [0.4, 0.5) is 4.79 Å². The molecule has 1 aromatic heterocycles. The van der Waals surface area contributed by atoms with Crippen LogP contribution in [0.2, 0.25) is 0 Å². The SMILES string of the molecule is COCCOc1cnc(O[C@@H]2C[C@H]3C(=O)N[C@]4(C(=O)NS(=O)(=O)C5CC5)C[C@H]4/C=C\CC[C@@H](C)C[C@@H](C)[C@H](NC(=O)OC(C)(C)C)C(=O)N3C2)c2ccc(OC)cc12. The molecule has 2 aliphatic heterocycles. The Labute approximate surface area is 340 Å². The second-order valence-electron chi connectivity index (χ2n) is 17.1. The molecular formula is C41H57N5O11S. The maximum atomic E-state index is 14.8. The van der Waals surface area contributed by atoms with E-state index in [9.17, 15) is 27.6 Å². The summed E-state index contributed by atoms with van der Waals surface area (Å²) in [6, 6.07) is 3.11. The van der Waals surface area contributed by atoms with Gasteiger partial charge < -0.3 is 39.2 Å². The van der Waals surface area contributed by atoms with E-state index in [4.69, 9.17) is 23.7 Å². The van der Waals surface area contributed by atoms with Crippen molar-refractivity contribution in [2.45, 2.75) is 114 Å². The van der Waals surface area contributed by atoms with Gasteiger partial charge in [0.15, 0.2) is 0 Å². The van der Waals surface area contributed by atoms with E-state index in [0.29, 0.717) is 54.6 Å². The van der Waals surface area contributed by atoms with Crippen molar-refractivity contribution in [3.05, 3.63) is 36.5 Å². The van der Waals surface area contributed by atoms with Gasteiger partial charge >= 0.3 is 6.09 Å². The number of fused-ring (bicyclic) bond motifs is 3. The zero-order valence-corrected chi connectivity index (χ0v) is 35.2. The van der Waals surface area contributed by atoms with Gasteiger partial charge in [-0.2, -0.15) is 0 Å². The lowest BCUT2D eigenvalue weighted by molar-refractivity contribution is -0.142. The first kappa shape index (κ1) is 43.0. The fourth-order valence-electron chi connectivity index (χ4n) is 7.83. The van der Waals surface area contributed by atoms with Crippen molar-refractivity contribution in [2.24, 2.45) is 17.8 Å². The van der Waals surface area contributed by atoms with E-state index in [2.05, 4.69) is 27.3 Å². The van der Waals surface area contributed by atoms with Crippen molar-refractivity contribution >= 4 is 44.6 Å². The van der Waals surface area contributed by atoms with Crippen LogP contribution < -0.4 is 29.6 Å². The maximum Gasteiger partial charge on any atom is 0.408 e. The van der Waals surface area contributed by atoms with Crippen molar-refractivity contribution in [3.8, 4) is 17.4 Å². The minimum atomic E-state index is -3.92. The zero-order chi connectivity index (χ0) is 42.0. The van der Waals surface area contributed by atoms with Crippen LogP contribution in [0.3, 0.4) is 0 Å². The van der Waals surface area contributed by atoms with Crippen molar-refractivity contribution in [1.82, 2.24) is 25.2 Å². The number of ether oxygens (including phenoxy) is 5. The van der Waals surface area contributed by atoms with E-state index >= 15 is 0 Å². The number of pyridine rings is 1. The number of nitrogens with one attached hydrogen (secondary N) is 3. The molecule has 2 aliphatic carbocycles. The average Bonchev–Trinajstić information content (AvgIpc) is 4.08. The molecular weight excluding hydrogens is 771 g/mol. The molecule has 4 aliphatic rings. The van der Waals surface area contributed by atoms with Crippen molar-refractivity contribution < 1.29 is 51.3 Å². The number of carbonyl (C=O) groups excluding carboxylic acids is 4. The zero-order valence-electron chi connectivity index (χ0n) is 34.4. The first-order valence-electron chi connectivity index (χ1n) is 20.0. The standard InChI is InChI=1S/C41H57N5O11S/c1-24-10-8-9-11-26-21-41(26,38(49)45-58(51,52)29-13-14-29)44-35(47)32-20-28(23-46(32)37(48)34(25(2)18-24)43-39(50)57-40(3,4)5)56-36-30-15-12-27(54-7)19-31(30)33(22-42-36)55-17-16-53-6/h9,11-12,15,19,22,24-26,28-29,32,34H,8,10,13-14,16-18,20-21,23H2,1-7H3,(H,43,50)(H,44,47)(H,45,49)/b11-9-/t24-,25-,26-,28-,32+,34+,41-/m1/s1. The van der Waals surface area contributed by atoms with Gasteiger partial charge in [-0.25, -0.2) is 18.2 Å². The van der Waals surface area contributed by atoms with Crippen LogP contribution in [0.1, 0.15) is 79.6 Å². The Kier molecular flexibility index (Phi) is 12.8. The Morgan fingerprint density at radius 1 is 1.05 bits per heavy atom. The number of carbonyl (C=O) groups is 4. The molecule has 1 aromatic carbocycles. The van der Waals surface area contributed by atoms with Gasteiger partial charge in [-0.15, -0.1) is 0 Å². The quantitative estimate of drug-likeness (QED) is 0.218. The lowest BCUT2D eigenvalue weighted by atomic mass is 9.88. The van der Waals surface area contributed by atoms with Crippen LogP contribution in [-0.4, -0.2) is 111 Å². The third-order valence-electron chi connectivity index (χ3n) is 11.1. The molecule has 6 rings (SSSR count). The monoisotopic (exact) mass is 827 g/mol. The highest BCUT2D eigenvalue weighted by atomic mass is 32.2. The Morgan fingerprint density at radius 3 is 2.50 bits per heavy atom. The normalized spacial score (nSPS) is 28.5. The Bertz CT molecular complexity index is 2020. The molecule has 16 nitrogen and oxygen atoms in total. The molecule has 1 saturated heterocycles. The number of allylic oxidation sites excluding steroid dienone is 1. The molecule has 3 fully saturated rings. The summed E-state index contributed by atoms with van der Waals surface area (Å²) < 4.78 is 56.7. The third-order valence-corrected chi connectivity index (χ3v) is 13.0. The molecule has 2 aromatic rings. The van der Waals surface area contributed by atoms with Gasteiger partial charge in [-0.05, 0) is 89.3 Å². The highest BCUT2D eigenvalue weighted by Crippen LogP contribution is 2.46. The third kappa shape index (κ3) is 9.96. The molecule has 0 bridgehead atoms. The van der Waals surface area contributed by atoms with E-state index in [1.807, 2.05) is 19.1 Å². The van der Waals surface area contributed by atoms with Crippen LogP contribution in [-0.2, 0) is 33.9 Å². The molecule has 2 saturated carbocycles. The van der Waals surface area contributed by atoms with Gasteiger partial charge in [0.05, 0.1) is 31.7 Å². The lowest BCUT2D eigenvalue weighted by Gasteiger charge is -2.33. The smallest absolute Gasteiger partial charge is 0.408 e. The Balaban J connectivity index is 1.35. The minimum absolute atomic E-state index is 0.00547. The highest BCUT2D eigenvalue weighted by Gasteiger charge is 2.62. The average molecular weight is 828 g/mol. The summed E-state index contributed by atoms with van der Waals surface area (Å²) in [4.78, 5) is 62.4. The number of rotatable bonds is 11. The Morgan fingerprint density at radius 2 is 1.81 bits per heavy atom. The number of alkyl carbamates (subject to hydrolysis) is 1. The summed E-state index contributed by atoms with van der Waals surface area (Å²) >= 11 is 0. The first-order valence-corrected chi connectivity index (χ1v) is 21.6. The van der Waals surface area contributed by atoms with Gasteiger partial charge in [0, 0.05) is 30.2 Å². The van der Waals surface area contributed by atoms with Crippen molar-refractivity contribution in [3.63, 3.8) is 0 Å². The number of hydrogen-bond donors (Lipinski definition) is 3. The summed E-state index contributed by atoms with van der Waals surface area (Å²) in [5.41, 5.74) is -2.37. The van der Waals surface area contributed by atoms with Crippen LogP contribution in [0.15, 0.2) is 36.5 Å². The highest BCUT2D eigenvalue weighted by molar-refractivity contribution is 7.91. The van der Waals surface area contributed by atoms with Gasteiger partial charge in [-0.1, -0.05) is 26.0 Å². The molecule has 17 heteroatoms. The van der Waals surface area contributed by atoms with Crippen molar-refractivity contribution in [2.75, 3.05) is 34.0 Å². The van der Waals surface area contributed by atoms with Crippen LogP contribution in [0, 0.1) is 17.8 Å². The van der Waals surface area contributed by atoms with Crippen LogP contribution in [0.25, 0.3) is 10.8 Å². The van der Waals surface area contributed by atoms with Crippen LogP contribution >= 0.6 is 0 Å². The Hall–Kier alpha value is -4.64. The second kappa shape index (κ2) is 17.3. The van der Waals surface area contributed by atoms with E-state index in [-0.39, 0.29) is 43.7 Å². The summed E-state index contributed by atoms with van der Waals surface area (Å²) in [5.74, 6) is -1.36. The second-order valence-corrected chi connectivity index (χ2v) is 19.0. The van der Waals surface area contributed by atoms with E-state index in [1.54, 1.807) is 53.2 Å². The number of amides is 4. The predicted molar refractivity (Wildman–Crippen MR) is 214 cm³/mol. The molecule has 4 amide bonds. The molecule has 0 spiro atoms. The number of benzene rings is 1. The summed E-state index contributed by atoms with van der Waals surface area (Å²) in [6.45, 7) is 9.72. The largest absolute Gasteiger partial charge is 0.497 e. The molecule has 3 N–H and O–H groups in total. The lowest BCUT2D eigenvalue weighted by Crippen LogP contribution is -2.59. The van der Waals surface area contributed by atoms with Gasteiger partial charge in [-0.3, -0.25) is 19.1 Å². The predicted octanol–water partition coefficient (Wildman–Crippen LogP) is 4.01. The number of aromatic nitrogens is 1. The topological polar surface area (TPSA) is 201 Å². The molecule has 0 unspecified atom stereocenters. The number of nitrogens with zero attached hydrogens (tertiary/aromatic N) is 2. The van der Waals surface area contributed by atoms with E-state index in [0.717, 1.165) is 6.42 Å². The molecule has 3 heterocycles. The summed E-state index contributed by atoms with van der Waals surface area (Å²) in [7, 11) is -0.790. The van der Waals surface area contributed by atoms with Crippen molar-refractivity contribution in [1.29, 1.82) is 0 Å². The number of hydrogen-bond acceptors (Lipinski definition) is 12. The number of sulfonamides is 1. The fourth-order valence-corrected chi connectivity index (χ4v) is 9.19. The fraction of sp³-hybridized carbons (Fsp3) is 0.634. The molecule has 0 radical (unpaired) electrons. The minimum Gasteiger partial charge on any atom is -0.497 e. The molecule has 318 valence electrons. The van der Waals surface area contributed by atoms with Gasteiger partial charge in [0.1, 0.15) is 47.4 Å². The maximum absolute atomic E-state index is 14.8. The van der Waals surface area contributed by atoms with E-state index in [1.165, 1.54) is 11.1 Å². The van der Waals surface area contributed by atoms with Crippen LogP contribution in [0.5, 0.6) is 17.4 Å². The van der Waals surface area contributed by atoms with Gasteiger partial charge in [0.25, 0.3) is 5.91 Å². The summed E-state index contributed by atoms with van der Waals surface area (Å²) in [6.07, 6.45) is 6.94. The number of methoxy groups -OCH3 is 2. The van der Waals surface area contributed by atoms with E-state index < -0.39 is 74.3 Å². The van der Waals surface area contributed by atoms with Gasteiger partial charge in [0.2, 0.25) is 27.7 Å². The molecule has 7 atom stereocenters. The summed E-state index contributed by atoms with van der Waals surface area (Å²) in [5, 5.41) is 6.32. The first-order chi connectivity index (χ1) is 27.4.